The van der Waals surface area contributed by atoms with Gasteiger partial charge in [0, 0.05) is 42.4 Å². The van der Waals surface area contributed by atoms with Crippen molar-refractivity contribution in [2.45, 2.75) is 73.4 Å². The third-order valence-electron chi connectivity index (χ3n) is 6.99. The van der Waals surface area contributed by atoms with E-state index in [2.05, 4.69) is 102 Å². The van der Waals surface area contributed by atoms with Gasteiger partial charge in [-0.2, -0.15) is 13.2 Å². The van der Waals surface area contributed by atoms with Crippen LogP contribution in [0.3, 0.4) is 0 Å². The van der Waals surface area contributed by atoms with Gasteiger partial charge in [0.05, 0.1) is 26.9 Å². The van der Waals surface area contributed by atoms with Crippen molar-refractivity contribution in [3.05, 3.63) is 183 Å². The summed E-state index contributed by atoms with van der Waals surface area (Å²) in [7, 11) is -3.10. The predicted octanol–water partition coefficient (Wildman–Crippen LogP) is 11.6. The normalized spacial score (nSPS) is 10.2. The molecule has 0 atom stereocenters. The lowest BCUT2D eigenvalue weighted by Crippen LogP contribution is -2.05. The molecule has 0 radical (unpaired) electrons. The summed E-state index contributed by atoms with van der Waals surface area (Å²) in [6.45, 7) is 17.6. The first kappa shape index (κ1) is 47.1. The summed E-state index contributed by atoms with van der Waals surface area (Å²) in [4.78, 5) is 15.7. The Morgan fingerprint density at radius 2 is 0.981 bits per heavy atom. The lowest BCUT2D eigenvalue weighted by Gasteiger charge is -2.04. The summed E-state index contributed by atoms with van der Waals surface area (Å²) in [5.41, 5.74) is 8.94. The molecule has 0 bridgehead atoms. The first-order chi connectivity index (χ1) is 25.2. The van der Waals surface area contributed by atoms with E-state index in [1.165, 1.54) is 40.1 Å². The van der Waals surface area contributed by atoms with Crippen LogP contribution in [0, 0.1) is 62.3 Å². The number of rotatable bonds is 1. The van der Waals surface area contributed by atoms with Gasteiger partial charge in [0.2, 0.25) is 0 Å². The fourth-order valence-electron chi connectivity index (χ4n) is 3.95. The van der Waals surface area contributed by atoms with Gasteiger partial charge in [-0.05, 0) is 110 Å². The molecule has 0 spiro atoms. The van der Waals surface area contributed by atoms with Crippen LogP contribution in [0.5, 0.6) is 0 Å². The number of aryl methyl sites for hydroxylation is 9. The molecule has 6 rings (SSSR count). The molecular weight excluding hydrogens is 729 g/mol. The zero-order chi connectivity index (χ0) is 40.9. The van der Waals surface area contributed by atoms with Crippen LogP contribution >= 0.6 is 11.6 Å². The Labute approximate surface area is 324 Å². The Bertz CT molecular complexity index is 1950. The highest BCUT2D eigenvalue weighted by atomic mass is 35.5. The molecule has 2 aromatic carbocycles. The number of halogens is 4. The van der Waals surface area contributed by atoms with Crippen LogP contribution in [0.15, 0.2) is 127 Å². The van der Waals surface area contributed by atoms with E-state index in [-0.39, 0.29) is 0 Å². The zero-order valence-corrected chi connectivity index (χ0v) is 34.1. The summed E-state index contributed by atoms with van der Waals surface area (Å²) >= 11 is 5.65. The predicted molar refractivity (Wildman–Crippen MR) is 216 cm³/mol. The average molecular weight is 779 g/mol. The van der Waals surface area contributed by atoms with Crippen molar-refractivity contribution in [2.75, 3.05) is 6.26 Å². The molecule has 0 fully saturated rings. The van der Waals surface area contributed by atoms with E-state index in [9.17, 15) is 21.6 Å². The number of benzene rings is 2. The number of alkyl halides is 3. The van der Waals surface area contributed by atoms with Crippen molar-refractivity contribution in [3.8, 4) is 0 Å². The highest BCUT2D eigenvalue weighted by molar-refractivity contribution is 7.90. The van der Waals surface area contributed by atoms with Gasteiger partial charge in [-0.25, -0.2) is 8.42 Å². The molecule has 6 aromatic rings. The fraction of sp³-hybridized carbons (Fsp3) is 0.256. The molecule has 6 nitrogen and oxygen atoms in total. The van der Waals surface area contributed by atoms with Crippen molar-refractivity contribution in [3.63, 3.8) is 0 Å². The monoisotopic (exact) mass is 778 g/mol. The molecule has 4 heterocycles. The van der Waals surface area contributed by atoms with Gasteiger partial charge in [0.1, 0.15) is 0 Å². The van der Waals surface area contributed by atoms with Gasteiger partial charge in [-0.1, -0.05) is 88.5 Å². The van der Waals surface area contributed by atoms with Crippen LogP contribution in [0.4, 0.5) is 13.2 Å². The average Bonchev–Trinajstić information content (AvgIpc) is 3.10. The minimum absolute atomic E-state index is 0.306. The van der Waals surface area contributed by atoms with Gasteiger partial charge in [-0.15, -0.1) is 0 Å². The molecule has 0 unspecified atom stereocenters. The summed E-state index contributed by atoms with van der Waals surface area (Å²) in [6.07, 6.45) is 2.90. The standard InChI is InChI=1S/2C8H10.C7H6F3N.C7H9NO2S.C7H9N.C6H6ClN/c1-7-3-5-8(2)6-4-7;1-7-4-3-5-8(2)6-7;1-5-2-3-6(4-11-5)7(8,9)10;1-6-7(11(2,9)10)4-3-5-8-6;1-6-3-4-7(2)8-5-6;1-5-6(7)3-2-4-8-5/h2*3-6H,1-2H3;2-4H,1H3;3-5H,1-2H3;3-5H,1-2H3;2-4H,1H3. The maximum Gasteiger partial charge on any atom is 0.417 e. The van der Waals surface area contributed by atoms with E-state index < -0.39 is 21.6 Å². The largest absolute Gasteiger partial charge is 0.417 e. The maximum absolute atomic E-state index is 11.9. The summed E-state index contributed by atoms with van der Waals surface area (Å²) in [5.74, 6) is 0. The Morgan fingerprint density at radius 1 is 0.519 bits per heavy atom. The van der Waals surface area contributed by atoms with Gasteiger partial charge >= 0.3 is 6.18 Å². The molecule has 0 aliphatic heterocycles. The SMILES string of the molecule is Cc1ccc(C(F)(F)F)cn1.Cc1ccc(C)cc1.Cc1ccc(C)nc1.Cc1cccc(C)c1.Cc1ncccc1Cl.Cc1ncccc1S(C)(=O)=O. The molecule has 0 N–H and O–H groups in total. The Morgan fingerprint density at radius 3 is 1.28 bits per heavy atom. The first-order valence-corrected chi connectivity index (χ1v) is 19.1. The van der Waals surface area contributed by atoms with Crippen molar-refractivity contribution in [1.29, 1.82) is 0 Å². The Balaban J connectivity index is 0.000000326. The minimum Gasteiger partial charge on any atom is -0.261 e. The Hall–Kier alpha value is -4.93. The molecule has 0 aliphatic rings. The second-order valence-electron chi connectivity index (χ2n) is 12.4. The molecule has 54 heavy (non-hydrogen) atoms. The van der Waals surface area contributed by atoms with E-state index in [1.807, 2.05) is 45.2 Å². The van der Waals surface area contributed by atoms with Crippen LogP contribution in [-0.4, -0.2) is 34.6 Å². The number of sulfone groups is 1. The first-order valence-electron chi connectivity index (χ1n) is 16.8. The van der Waals surface area contributed by atoms with Crippen molar-refractivity contribution >= 4 is 21.4 Å². The summed E-state index contributed by atoms with van der Waals surface area (Å²) < 4.78 is 57.7. The third kappa shape index (κ3) is 20.9. The lowest BCUT2D eigenvalue weighted by atomic mass is 10.2. The summed E-state index contributed by atoms with van der Waals surface area (Å²) in [6, 6.07) is 30.2. The molecule has 288 valence electrons. The van der Waals surface area contributed by atoms with Crippen LogP contribution < -0.4 is 0 Å². The highest BCUT2D eigenvalue weighted by Crippen LogP contribution is 2.28. The maximum atomic E-state index is 11.9. The molecule has 11 heteroatoms. The molecule has 0 saturated heterocycles. The van der Waals surface area contributed by atoms with Crippen LogP contribution in [0.1, 0.15) is 56.2 Å². The van der Waals surface area contributed by atoms with E-state index >= 15 is 0 Å². The number of aromatic nitrogens is 4. The van der Waals surface area contributed by atoms with Crippen molar-refractivity contribution in [2.24, 2.45) is 0 Å². The van der Waals surface area contributed by atoms with Gasteiger partial charge < -0.3 is 0 Å². The second kappa shape index (κ2) is 23.7. The van der Waals surface area contributed by atoms with Gasteiger partial charge in [0.25, 0.3) is 0 Å². The Kier molecular flexibility index (Phi) is 20.6. The minimum atomic E-state index is -4.28. The van der Waals surface area contributed by atoms with Crippen molar-refractivity contribution in [1.82, 2.24) is 19.9 Å². The molecule has 4 aromatic heterocycles. The van der Waals surface area contributed by atoms with E-state index in [0.29, 0.717) is 16.3 Å². The quantitative estimate of drug-likeness (QED) is 0.165. The van der Waals surface area contributed by atoms with E-state index in [4.69, 9.17) is 11.6 Å². The smallest absolute Gasteiger partial charge is 0.261 e. The number of pyridine rings is 4. The van der Waals surface area contributed by atoms with E-state index in [0.717, 1.165) is 28.7 Å². The third-order valence-corrected chi connectivity index (χ3v) is 8.62. The highest BCUT2D eigenvalue weighted by Gasteiger charge is 2.30. The second-order valence-corrected chi connectivity index (χ2v) is 14.8. The molecule has 0 saturated carbocycles. The molecular formula is C43H50ClF3N4O2S. The zero-order valence-electron chi connectivity index (χ0n) is 32.6. The van der Waals surface area contributed by atoms with Crippen LogP contribution in [-0.2, 0) is 16.0 Å². The number of hydrogen-bond donors (Lipinski definition) is 0. The van der Waals surface area contributed by atoms with Gasteiger partial charge in [0.15, 0.2) is 9.84 Å². The fourth-order valence-corrected chi connectivity index (χ4v) is 4.98. The van der Waals surface area contributed by atoms with Crippen LogP contribution in [0.25, 0.3) is 0 Å². The number of hydrogen-bond acceptors (Lipinski definition) is 6. The van der Waals surface area contributed by atoms with Crippen molar-refractivity contribution < 1.29 is 21.6 Å². The van der Waals surface area contributed by atoms with Gasteiger partial charge in [-0.3, -0.25) is 19.9 Å². The van der Waals surface area contributed by atoms with Crippen LogP contribution in [0.2, 0.25) is 5.02 Å². The lowest BCUT2D eigenvalue weighted by molar-refractivity contribution is -0.137. The topological polar surface area (TPSA) is 85.7 Å². The molecule has 0 aliphatic carbocycles. The number of nitrogens with zero attached hydrogens (tertiary/aromatic N) is 4. The van der Waals surface area contributed by atoms with E-state index in [1.54, 1.807) is 38.4 Å². The summed E-state index contributed by atoms with van der Waals surface area (Å²) in [5, 5.41) is 0.729. The molecule has 0 amide bonds.